The smallest absolute Gasteiger partial charge is 0.391 e. The fraction of sp³-hybridized carbons (Fsp3) is 0.250. The maximum Gasteiger partial charge on any atom is 0.406 e. The summed E-state index contributed by atoms with van der Waals surface area (Å²) in [4.78, 5) is 0. The lowest BCUT2D eigenvalue weighted by Gasteiger charge is -2.29. The Morgan fingerprint density at radius 2 is 1.40 bits per heavy atom. The van der Waals surface area contributed by atoms with Crippen LogP contribution in [0.3, 0.4) is 0 Å². The van der Waals surface area contributed by atoms with E-state index in [0.717, 1.165) is 22.1 Å². The van der Waals surface area contributed by atoms with E-state index < -0.39 is 8.56 Å². The summed E-state index contributed by atoms with van der Waals surface area (Å²) in [6, 6.07) is 20.5. The van der Waals surface area contributed by atoms with Crippen LogP contribution in [0.2, 0.25) is 0 Å². The highest BCUT2D eigenvalue weighted by atomic mass is 79.9. The van der Waals surface area contributed by atoms with Gasteiger partial charge in [0.05, 0.1) is 0 Å². The minimum atomic E-state index is -2.58. The molecule has 0 spiro atoms. The molecule has 106 valence electrons. The summed E-state index contributed by atoms with van der Waals surface area (Å²) in [5.74, 6) is 0. The molecule has 2 aromatic carbocycles. The Morgan fingerprint density at radius 3 is 1.80 bits per heavy atom. The van der Waals surface area contributed by atoms with E-state index >= 15 is 0 Å². The zero-order valence-corrected chi connectivity index (χ0v) is 14.2. The van der Waals surface area contributed by atoms with Gasteiger partial charge in [-0.2, -0.15) is 0 Å². The summed E-state index contributed by atoms with van der Waals surface area (Å²) < 4.78 is 12.2. The maximum atomic E-state index is 6.28. The second kappa shape index (κ2) is 7.74. The molecule has 0 saturated carbocycles. The molecule has 0 aromatic heterocycles. The first-order valence-electron chi connectivity index (χ1n) is 6.69. The molecule has 0 unspecified atom stereocenters. The van der Waals surface area contributed by atoms with Crippen molar-refractivity contribution in [2.45, 2.75) is 6.42 Å². The van der Waals surface area contributed by atoms with Crippen LogP contribution >= 0.6 is 15.9 Å². The third-order valence-corrected chi connectivity index (χ3v) is 7.11. The standard InChI is InChI=1S/C16H19BrO2Si/c1-18-20(19-14-8-13-17,15-9-4-2-5-10-15)16-11-6-3-7-12-16/h2-7,9-12H,8,13-14H2,1H3. The number of hydrogen-bond acceptors (Lipinski definition) is 2. The van der Waals surface area contributed by atoms with Gasteiger partial charge in [-0.1, -0.05) is 76.6 Å². The monoisotopic (exact) mass is 350 g/mol. The molecule has 0 atom stereocenters. The Bertz CT molecular complexity index is 465. The first kappa shape index (κ1) is 15.4. The van der Waals surface area contributed by atoms with Crippen molar-refractivity contribution >= 4 is 34.9 Å². The van der Waals surface area contributed by atoms with Gasteiger partial charge >= 0.3 is 8.56 Å². The Balaban J connectivity index is 2.41. The molecule has 2 rings (SSSR count). The molecule has 0 N–H and O–H groups in total. The third kappa shape index (κ3) is 3.38. The van der Waals surface area contributed by atoms with Gasteiger partial charge in [-0.15, -0.1) is 0 Å². The molecular weight excluding hydrogens is 332 g/mol. The minimum Gasteiger partial charge on any atom is -0.391 e. The summed E-state index contributed by atoms with van der Waals surface area (Å²) in [5, 5.41) is 3.22. The first-order chi connectivity index (χ1) is 9.83. The van der Waals surface area contributed by atoms with Gasteiger partial charge in [0.1, 0.15) is 0 Å². The van der Waals surface area contributed by atoms with Crippen LogP contribution in [0.25, 0.3) is 0 Å². The van der Waals surface area contributed by atoms with Crippen molar-refractivity contribution in [3.8, 4) is 0 Å². The topological polar surface area (TPSA) is 18.5 Å². The minimum absolute atomic E-state index is 0.690. The number of hydrogen-bond donors (Lipinski definition) is 0. The third-order valence-electron chi connectivity index (χ3n) is 3.18. The van der Waals surface area contributed by atoms with E-state index in [1.54, 1.807) is 7.11 Å². The van der Waals surface area contributed by atoms with E-state index in [4.69, 9.17) is 8.85 Å². The lowest BCUT2D eigenvalue weighted by molar-refractivity contribution is 0.225. The molecule has 0 saturated heterocycles. The van der Waals surface area contributed by atoms with Crippen LogP contribution in [0, 0.1) is 0 Å². The van der Waals surface area contributed by atoms with Crippen molar-refractivity contribution in [1.82, 2.24) is 0 Å². The van der Waals surface area contributed by atoms with Crippen molar-refractivity contribution in [3.63, 3.8) is 0 Å². The molecular formula is C16H19BrO2Si. The van der Waals surface area contributed by atoms with Crippen LogP contribution in [0.1, 0.15) is 6.42 Å². The van der Waals surface area contributed by atoms with Crippen LogP contribution in [-0.4, -0.2) is 27.6 Å². The van der Waals surface area contributed by atoms with Gasteiger partial charge in [-0.3, -0.25) is 0 Å². The second-order valence-electron chi connectivity index (χ2n) is 4.44. The van der Waals surface area contributed by atoms with Crippen molar-refractivity contribution in [1.29, 1.82) is 0 Å². The molecule has 0 fully saturated rings. The van der Waals surface area contributed by atoms with Crippen molar-refractivity contribution < 1.29 is 8.85 Å². The predicted molar refractivity (Wildman–Crippen MR) is 89.3 cm³/mol. The molecule has 0 bridgehead atoms. The molecule has 0 radical (unpaired) electrons. The number of alkyl halides is 1. The Kier molecular flexibility index (Phi) is 5.98. The summed E-state index contributed by atoms with van der Waals surface area (Å²) in [6.07, 6.45) is 0.970. The molecule has 0 aliphatic carbocycles. The quantitative estimate of drug-likeness (QED) is 0.434. The van der Waals surface area contributed by atoms with Crippen LogP contribution < -0.4 is 10.4 Å². The van der Waals surface area contributed by atoms with Crippen molar-refractivity contribution in [3.05, 3.63) is 60.7 Å². The van der Waals surface area contributed by atoms with E-state index in [9.17, 15) is 0 Å². The molecule has 20 heavy (non-hydrogen) atoms. The summed E-state index contributed by atoms with van der Waals surface area (Å²) in [7, 11) is -0.829. The molecule has 4 heteroatoms. The molecule has 2 aromatic rings. The van der Waals surface area contributed by atoms with E-state index in [1.165, 1.54) is 0 Å². The van der Waals surface area contributed by atoms with Crippen LogP contribution in [-0.2, 0) is 8.85 Å². The van der Waals surface area contributed by atoms with Gasteiger partial charge in [0.25, 0.3) is 0 Å². The summed E-state index contributed by atoms with van der Waals surface area (Å²) in [5.41, 5.74) is 0. The SMILES string of the molecule is CO[Si](OCCCBr)(c1ccccc1)c1ccccc1. The number of rotatable bonds is 7. The van der Waals surface area contributed by atoms with Gasteiger partial charge in [-0.25, -0.2) is 0 Å². The fourth-order valence-electron chi connectivity index (χ4n) is 2.21. The van der Waals surface area contributed by atoms with E-state index in [-0.39, 0.29) is 0 Å². The Labute approximate surface area is 130 Å². The lowest BCUT2D eigenvalue weighted by atomic mass is 10.4. The van der Waals surface area contributed by atoms with E-state index in [0.29, 0.717) is 6.61 Å². The summed E-state index contributed by atoms with van der Waals surface area (Å²) >= 11 is 3.45. The van der Waals surface area contributed by atoms with Gasteiger partial charge in [0.15, 0.2) is 0 Å². The molecule has 2 nitrogen and oxygen atoms in total. The second-order valence-corrected chi connectivity index (χ2v) is 8.32. The zero-order chi connectivity index (χ0) is 14.3. The van der Waals surface area contributed by atoms with E-state index in [2.05, 4.69) is 40.2 Å². The van der Waals surface area contributed by atoms with Crippen molar-refractivity contribution in [2.75, 3.05) is 19.0 Å². The Hall–Kier alpha value is -0.943. The maximum absolute atomic E-state index is 6.28. The van der Waals surface area contributed by atoms with Crippen LogP contribution in [0.5, 0.6) is 0 Å². The Morgan fingerprint density at radius 1 is 0.900 bits per heavy atom. The molecule has 0 amide bonds. The number of benzene rings is 2. The fourth-order valence-corrected chi connectivity index (χ4v) is 5.39. The van der Waals surface area contributed by atoms with Gasteiger partial charge in [-0.05, 0) is 16.8 Å². The van der Waals surface area contributed by atoms with Gasteiger partial charge in [0, 0.05) is 19.0 Å². The predicted octanol–water partition coefficient (Wildman–Crippen LogP) is 2.69. The highest BCUT2D eigenvalue weighted by Crippen LogP contribution is 2.09. The van der Waals surface area contributed by atoms with Gasteiger partial charge < -0.3 is 8.85 Å². The van der Waals surface area contributed by atoms with Gasteiger partial charge in [0.2, 0.25) is 0 Å². The average Bonchev–Trinajstić information content (AvgIpc) is 2.54. The average molecular weight is 351 g/mol. The zero-order valence-electron chi connectivity index (χ0n) is 11.6. The lowest BCUT2D eigenvalue weighted by Crippen LogP contribution is -2.62. The van der Waals surface area contributed by atoms with Crippen LogP contribution in [0.15, 0.2) is 60.7 Å². The largest absolute Gasteiger partial charge is 0.406 e. The summed E-state index contributed by atoms with van der Waals surface area (Å²) in [6.45, 7) is 0.690. The van der Waals surface area contributed by atoms with Crippen LogP contribution in [0.4, 0.5) is 0 Å². The number of halogens is 1. The highest BCUT2D eigenvalue weighted by molar-refractivity contribution is 9.09. The van der Waals surface area contributed by atoms with Crippen molar-refractivity contribution in [2.24, 2.45) is 0 Å². The molecule has 0 aliphatic heterocycles. The van der Waals surface area contributed by atoms with E-state index in [1.807, 2.05) is 36.4 Å². The molecule has 0 heterocycles. The normalized spacial score (nSPS) is 11.5. The highest BCUT2D eigenvalue weighted by Gasteiger charge is 2.41. The molecule has 0 aliphatic rings. The first-order valence-corrected chi connectivity index (χ1v) is 9.63.